The molecule has 0 aliphatic rings. The number of aliphatic hydroxyl groups is 1. The zero-order valence-electron chi connectivity index (χ0n) is 10.9. The second kappa shape index (κ2) is 5.75. The molecule has 0 unspecified atom stereocenters. The summed E-state index contributed by atoms with van der Waals surface area (Å²) < 4.78 is 16.4. The first-order valence-electron chi connectivity index (χ1n) is 6.27. The van der Waals surface area contributed by atoms with Gasteiger partial charge < -0.3 is 5.11 Å². The van der Waals surface area contributed by atoms with Crippen molar-refractivity contribution < 1.29 is 9.50 Å². The van der Waals surface area contributed by atoms with Crippen LogP contribution in [0.5, 0.6) is 0 Å². The Morgan fingerprint density at radius 3 is 2.48 bits per heavy atom. The molecule has 3 rings (SSSR count). The SMILES string of the molecule is OCc1nnc(-c2c(F)cccc2Br)n1-c1ccccc1. The molecule has 6 heteroatoms. The van der Waals surface area contributed by atoms with Gasteiger partial charge in [0.2, 0.25) is 0 Å². The molecule has 3 aromatic rings. The molecule has 0 aliphatic carbocycles. The van der Waals surface area contributed by atoms with Gasteiger partial charge in [0.1, 0.15) is 12.4 Å². The smallest absolute Gasteiger partial charge is 0.172 e. The van der Waals surface area contributed by atoms with Crippen molar-refractivity contribution in [1.82, 2.24) is 14.8 Å². The van der Waals surface area contributed by atoms with Crippen LogP contribution in [-0.2, 0) is 6.61 Å². The van der Waals surface area contributed by atoms with Gasteiger partial charge in [-0.3, -0.25) is 4.57 Å². The van der Waals surface area contributed by atoms with Crippen molar-refractivity contribution in [3.8, 4) is 17.1 Å². The van der Waals surface area contributed by atoms with Crippen LogP contribution in [0.15, 0.2) is 53.0 Å². The minimum atomic E-state index is -0.404. The van der Waals surface area contributed by atoms with Gasteiger partial charge in [0.25, 0.3) is 0 Å². The predicted octanol–water partition coefficient (Wildman–Crippen LogP) is 3.33. The molecule has 0 bridgehead atoms. The molecule has 0 saturated heterocycles. The van der Waals surface area contributed by atoms with Crippen molar-refractivity contribution in [3.05, 3.63) is 64.6 Å². The van der Waals surface area contributed by atoms with Crippen LogP contribution in [0, 0.1) is 5.82 Å². The van der Waals surface area contributed by atoms with Crippen LogP contribution < -0.4 is 0 Å². The summed E-state index contributed by atoms with van der Waals surface area (Å²) >= 11 is 3.34. The van der Waals surface area contributed by atoms with E-state index in [1.54, 1.807) is 16.7 Å². The number of aromatic nitrogens is 3. The molecule has 0 fully saturated rings. The lowest BCUT2D eigenvalue weighted by molar-refractivity contribution is 0.269. The summed E-state index contributed by atoms with van der Waals surface area (Å²) in [5.41, 5.74) is 1.07. The molecule has 106 valence electrons. The highest BCUT2D eigenvalue weighted by atomic mass is 79.9. The second-order valence-electron chi connectivity index (χ2n) is 4.37. The Kier molecular flexibility index (Phi) is 3.81. The third-order valence-electron chi connectivity index (χ3n) is 3.07. The number of benzene rings is 2. The topological polar surface area (TPSA) is 50.9 Å². The van der Waals surface area contributed by atoms with Gasteiger partial charge in [0, 0.05) is 10.2 Å². The molecule has 0 saturated carbocycles. The summed E-state index contributed by atoms with van der Waals surface area (Å²) in [4.78, 5) is 0. The molecule has 0 atom stereocenters. The normalized spacial score (nSPS) is 10.8. The third kappa shape index (κ3) is 2.48. The van der Waals surface area contributed by atoms with E-state index in [2.05, 4.69) is 26.1 Å². The second-order valence-corrected chi connectivity index (χ2v) is 5.22. The first kappa shape index (κ1) is 13.9. The van der Waals surface area contributed by atoms with Crippen molar-refractivity contribution in [2.24, 2.45) is 0 Å². The molecule has 1 aromatic heterocycles. The van der Waals surface area contributed by atoms with Crippen LogP contribution in [0.25, 0.3) is 17.1 Å². The van der Waals surface area contributed by atoms with Crippen LogP contribution in [0.2, 0.25) is 0 Å². The zero-order chi connectivity index (χ0) is 14.8. The Labute approximate surface area is 129 Å². The lowest BCUT2D eigenvalue weighted by Crippen LogP contribution is -2.04. The average Bonchev–Trinajstić information content (AvgIpc) is 2.91. The van der Waals surface area contributed by atoms with E-state index in [0.29, 0.717) is 21.7 Å². The van der Waals surface area contributed by atoms with Gasteiger partial charge >= 0.3 is 0 Å². The van der Waals surface area contributed by atoms with E-state index in [-0.39, 0.29) is 6.61 Å². The number of hydrogen-bond acceptors (Lipinski definition) is 3. The molecular formula is C15H11BrFN3O. The van der Waals surface area contributed by atoms with Gasteiger partial charge in [0.05, 0.1) is 5.56 Å². The molecule has 1 N–H and O–H groups in total. The first-order valence-corrected chi connectivity index (χ1v) is 7.06. The standard InChI is InChI=1S/C15H11BrFN3O/c16-11-7-4-8-12(17)14(11)15-19-18-13(9-21)20(15)10-5-2-1-3-6-10/h1-8,21H,9H2. The summed E-state index contributed by atoms with van der Waals surface area (Å²) in [7, 11) is 0. The number of rotatable bonds is 3. The predicted molar refractivity (Wildman–Crippen MR) is 80.4 cm³/mol. The van der Waals surface area contributed by atoms with Crippen molar-refractivity contribution in [2.45, 2.75) is 6.61 Å². The fraction of sp³-hybridized carbons (Fsp3) is 0.0667. The van der Waals surface area contributed by atoms with Crippen LogP contribution >= 0.6 is 15.9 Å². The summed E-state index contributed by atoms with van der Waals surface area (Å²) in [6.07, 6.45) is 0. The van der Waals surface area contributed by atoms with Gasteiger partial charge in [-0.2, -0.15) is 0 Å². The van der Waals surface area contributed by atoms with Crippen LogP contribution in [0.1, 0.15) is 5.82 Å². The number of aliphatic hydroxyl groups excluding tert-OH is 1. The number of nitrogens with zero attached hydrogens (tertiary/aromatic N) is 3. The maximum atomic E-state index is 14.2. The van der Waals surface area contributed by atoms with Gasteiger partial charge in [-0.25, -0.2) is 4.39 Å². The maximum absolute atomic E-state index is 14.2. The lowest BCUT2D eigenvalue weighted by Gasteiger charge is -2.11. The Bertz CT molecular complexity index is 754. The Morgan fingerprint density at radius 2 is 1.81 bits per heavy atom. The molecule has 21 heavy (non-hydrogen) atoms. The quantitative estimate of drug-likeness (QED) is 0.790. The van der Waals surface area contributed by atoms with E-state index in [1.165, 1.54) is 6.07 Å². The third-order valence-corrected chi connectivity index (χ3v) is 3.73. The van der Waals surface area contributed by atoms with E-state index in [9.17, 15) is 9.50 Å². The van der Waals surface area contributed by atoms with Crippen molar-refractivity contribution in [2.75, 3.05) is 0 Å². The maximum Gasteiger partial charge on any atom is 0.172 e. The number of halogens is 2. The van der Waals surface area contributed by atoms with Crippen molar-refractivity contribution >= 4 is 15.9 Å². The van der Waals surface area contributed by atoms with Crippen LogP contribution in [0.3, 0.4) is 0 Å². The summed E-state index contributed by atoms with van der Waals surface area (Å²) in [6, 6.07) is 14.0. The lowest BCUT2D eigenvalue weighted by atomic mass is 10.2. The van der Waals surface area contributed by atoms with Crippen LogP contribution in [-0.4, -0.2) is 19.9 Å². The molecular weight excluding hydrogens is 337 g/mol. The Morgan fingerprint density at radius 1 is 1.05 bits per heavy atom. The monoisotopic (exact) mass is 347 g/mol. The fourth-order valence-electron chi connectivity index (χ4n) is 2.14. The zero-order valence-corrected chi connectivity index (χ0v) is 12.5. The van der Waals surface area contributed by atoms with Crippen molar-refractivity contribution in [3.63, 3.8) is 0 Å². The Balaban J connectivity index is 2.28. The molecule has 0 radical (unpaired) electrons. The van der Waals surface area contributed by atoms with Gasteiger partial charge in [0.15, 0.2) is 11.6 Å². The highest BCUT2D eigenvalue weighted by Crippen LogP contribution is 2.31. The van der Waals surface area contributed by atoms with Gasteiger partial charge in [-0.05, 0) is 40.2 Å². The van der Waals surface area contributed by atoms with E-state index in [4.69, 9.17) is 0 Å². The van der Waals surface area contributed by atoms with E-state index in [1.807, 2.05) is 30.3 Å². The van der Waals surface area contributed by atoms with Gasteiger partial charge in [-0.15, -0.1) is 10.2 Å². The molecule has 0 amide bonds. The number of hydrogen-bond donors (Lipinski definition) is 1. The molecule has 0 spiro atoms. The first-order chi connectivity index (χ1) is 10.2. The van der Waals surface area contributed by atoms with E-state index >= 15 is 0 Å². The number of para-hydroxylation sites is 1. The molecule has 1 heterocycles. The average molecular weight is 348 g/mol. The van der Waals surface area contributed by atoms with Gasteiger partial charge in [-0.1, -0.05) is 24.3 Å². The largest absolute Gasteiger partial charge is 0.388 e. The minimum absolute atomic E-state index is 0.284. The van der Waals surface area contributed by atoms with Crippen molar-refractivity contribution in [1.29, 1.82) is 0 Å². The van der Waals surface area contributed by atoms with Crippen LogP contribution in [0.4, 0.5) is 4.39 Å². The van der Waals surface area contributed by atoms with E-state index < -0.39 is 5.82 Å². The van der Waals surface area contributed by atoms with E-state index in [0.717, 1.165) is 5.69 Å². The summed E-state index contributed by atoms with van der Waals surface area (Å²) in [5, 5.41) is 17.4. The fourth-order valence-corrected chi connectivity index (χ4v) is 2.66. The molecule has 4 nitrogen and oxygen atoms in total. The minimum Gasteiger partial charge on any atom is -0.388 e. The molecule has 0 aliphatic heterocycles. The Hall–Kier alpha value is -2.05. The highest BCUT2D eigenvalue weighted by molar-refractivity contribution is 9.10. The summed E-state index contributed by atoms with van der Waals surface area (Å²) in [5.74, 6) is 0.292. The highest BCUT2D eigenvalue weighted by Gasteiger charge is 2.19. The molecule has 2 aromatic carbocycles. The summed E-state index contributed by atoms with van der Waals surface area (Å²) in [6.45, 7) is -0.284.